The summed E-state index contributed by atoms with van der Waals surface area (Å²) in [5.41, 5.74) is -1.82. The summed E-state index contributed by atoms with van der Waals surface area (Å²) in [4.78, 5) is 14.7. The first kappa shape index (κ1) is 49.0. The van der Waals surface area contributed by atoms with E-state index in [1.54, 1.807) is 0 Å². The Morgan fingerprint density at radius 1 is 0.703 bits per heavy atom. The molecule has 4 saturated carbocycles. The number of aliphatic hydroxyl groups is 10. The van der Waals surface area contributed by atoms with Crippen LogP contribution in [0.25, 0.3) is 0 Å². The summed E-state index contributed by atoms with van der Waals surface area (Å²) in [6, 6.07) is 0. The number of carbonyl (C=O) groups is 1. The van der Waals surface area contributed by atoms with Gasteiger partial charge in [-0.1, -0.05) is 60.1 Å². The number of allylic oxidation sites excluding steroid dienone is 1. The van der Waals surface area contributed by atoms with Crippen LogP contribution in [-0.4, -0.2) is 168 Å². The molecule has 366 valence electrons. The zero-order chi connectivity index (χ0) is 46.9. The van der Waals surface area contributed by atoms with Crippen LogP contribution in [0.15, 0.2) is 11.6 Å². The number of rotatable bonds is 7. The highest BCUT2D eigenvalue weighted by Gasteiger charge is 2.71. The molecule has 0 aromatic rings. The van der Waals surface area contributed by atoms with Crippen LogP contribution < -0.4 is 0 Å². The number of ether oxygens (including phenoxy) is 6. The van der Waals surface area contributed by atoms with Crippen molar-refractivity contribution in [2.24, 2.45) is 50.2 Å². The van der Waals surface area contributed by atoms with Crippen molar-refractivity contribution in [1.29, 1.82) is 0 Å². The molecule has 0 spiro atoms. The number of esters is 1. The summed E-state index contributed by atoms with van der Waals surface area (Å²) < 4.78 is 36.1. The van der Waals surface area contributed by atoms with Crippen LogP contribution in [0, 0.1) is 50.2 Å². The minimum Gasteiger partial charge on any atom is -0.432 e. The van der Waals surface area contributed by atoms with Gasteiger partial charge in [0.15, 0.2) is 12.6 Å². The SMILES string of the molecule is CC1OC(OC2C(OC3CCC4(C)C(CCC5(C)C4CC=C4C6C(O)C(C)(C)CCC6(C(=O)OC6OC(CO)C(O)C(O)C6O)CCC45C)C3(C)C)OCC(O)C2O)C(O)C(O)C1O. The Balaban J connectivity index is 1.05. The summed E-state index contributed by atoms with van der Waals surface area (Å²) in [7, 11) is 0. The van der Waals surface area contributed by atoms with E-state index in [2.05, 4.69) is 40.7 Å². The maximum absolute atomic E-state index is 14.7. The van der Waals surface area contributed by atoms with Gasteiger partial charge in [-0.25, -0.2) is 0 Å². The molecule has 8 rings (SSSR count). The Morgan fingerprint density at radius 2 is 1.36 bits per heavy atom. The molecule has 0 aromatic carbocycles. The second-order valence-corrected chi connectivity index (χ2v) is 23.0. The molecule has 3 heterocycles. The fourth-order valence-corrected chi connectivity index (χ4v) is 14.7. The van der Waals surface area contributed by atoms with E-state index in [-0.39, 0.29) is 35.4 Å². The number of hydrogen-bond acceptors (Lipinski definition) is 17. The van der Waals surface area contributed by atoms with Crippen LogP contribution in [0.3, 0.4) is 0 Å². The standard InChI is InChI=1S/C47H76O17/c1-21-29(50)32(53)34(55)38(60-21)63-36-30(51)23(49)20-59-40(36)62-27-12-13-44(6)25(43(27,4)5)11-14-46(8)26(44)10-9-22-28-37(57)42(2,3)15-17-47(28,18-16-45(22,46)7)41(58)64-39-35(56)33(54)31(52)24(19-48)61-39/h9,21,23-40,48-57H,10-20H2,1-8H3. The monoisotopic (exact) mass is 913 g/mol. The van der Waals surface area contributed by atoms with Crippen LogP contribution in [0.4, 0.5) is 0 Å². The fraction of sp³-hybridized carbons (Fsp3) is 0.936. The molecule has 3 saturated heterocycles. The topological polar surface area (TPSA) is 275 Å². The zero-order valence-corrected chi connectivity index (χ0v) is 38.7. The van der Waals surface area contributed by atoms with Gasteiger partial charge in [0.1, 0.15) is 61.0 Å². The van der Waals surface area contributed by atoms with Crippen LogP contribution in [0.2, 0.25) is 0 Å². The van der Waals surface area contributed by atoms with Crippen LogP contribution in [0.1, 0.15) is 113 Å². The number of fused-ring (bicyclic) bond motifs is 7. The van der Waals surface area contributed by atoms with Crippen molar-refractivity contribution in [3.63, 3.8) is 0 Å². The Hall–Kier alpha value is -1.39. The molecule has 7 fully saturated rings. The third-order valence-electron chi connectivity index (χ3n) is 19.1. The Kier molecular flexibility index (Phi) is 13.0. The summed E-state index contributed by atoms with van der Waals surface area (Å²) >= 11 is 0. The third kappa shape index (κ3) is 7.31. The summed E-state index contributed by atoms with van der Waals surface area (Å²) in [5, 5.41) is 107. The predicted octanol–water partition coefficient (Wildman–Crippen LogP) is 0.778. The van der Waals surface area contributed by atoms with Crippen molar-refractivity contribution in [2.75, 3.05) is 13.2 Å². The smallest absolute Gasteiger partial charge is 0.315 e. The number of hydrogen-bond donors (Lipinski definition) is 10. The minimum absolute atomic E-state index is 0.158. The quantitative estimate of drug-likeness (QED) is 0.0960. The lowest BCUT2D eigenvalue weighted by molar-refractivity contribution is -0.364. The predicted molar refractivity (Wildman–Crippen MR) is 224 cm³/mol. The first-order valence-electron chi connectivity index (χ1n) is 23.7. The van der Waals surface area contributed by atoms with Gasteiger partial charge in [0.05, 0.1) is 36.9 Å². The first-order chi connectivity index (χ1) is 29.8. The van der Waals surface area contributed by atoms with Gasteiger partial charge in [0.2, 0.25) is 6.29 Å². The largest absolute Gasteiger partial charge is 0.432 e. The van der Waals surface area contributed by atoms with Crippen LogP contribution >= 0.6 is 0 Å². The van der Waals surface area contributed by atoms with E-state index in [4.69, 9.17) is 28.4 Å². The molecule has 3 aliphatic heterocycles. The van der Waals surface area contributed by atoms with Gasteiger partial charge in [0, 0.05) is 5.92 Å². The molecule has 23 atom stereocenters. The van der Waals surface area contributed by atoms with E-state index in [0.29, 0.717) is 32.1 Å². The van der Waals surface area contributed by atoms with Gasteiger partial charge in [0.25, 0.3) is 0 Å². The molecule has 8 aliphatic rings. The van der Waals surface area contributed by atoms with E-state index in [9.17, 15) is 55.9 Å². The highest BCUT2D eigenvalue weighted by atomic mass is 16.8. The van der Waals surface area contributed by atoms with Crippen molar-refractivity contribution in [1.82, 2.24) is 0 Å². The fourth-order valence-electron chi connectivity index (χ4n) is 14.7. The highest BCUT2D eigenvalue weighted by Crippen LogP contribution is 2.76. The van der Waals surface area contributed by atoms with Crippen molar-refractivity contribution >= 4 is 5.97 Å². The van der Waals surface area contributed by atoms with E-state index >= 15 is 0 Å². The Labute approximate surface area is 376 Å². The maximum Gasteiger partial charge on any atom is 0.315 e. The second-order valence-electron chi connectivity index (χ2n) is 23.0. The normalized spacial score (nSPS) is 54.6. The summed E-state index contributed by atoms with van der Waals surface area (Å²) in [5.74, 6) is -0.812. The molecule has 0 aromatic heterocycles. The van der Waals surface area contributed by atoms with Gasteiger partial charge >= 0.3 is 5.97 Å². The lowest BCUT2D eigenvalue weighted by Gasteiger charge is -2.71. The van der Waals surface area contributed by atoms with Gasteiger partial charge in [-0.2, -0.15) is 0 Å². The Bertz CT molecular complexity index is 1760. The van der Waals surface area contributed by atoms with Crippen molar-refractivity contribution in [3.05, 3.63) is 11.6 Å². The highest BCUT2D eigenvalue weighted by molar-refractivity contribution is 5.79. The molecule has 5 aliphatic carbocycles. The Morgan fingerprint density at radius 3 is 2.05 bits per heavy atom. The van der Waals surface area contributed by atoms with E-state index in [1.165, 1.54) is 6.92 Å². The van der Waals surface area contributed by atoms with Crippen molar-refractivity contribution in [3.8, 4) is 0 Å². The number of aliphatic hydroxyl groups excluding tert-OH is 10. The second kappa shape index (κ2) is 16.9. The molecule has 0 radical (unpaired) electrons. The molecule has 0 bridgehead atoms. The molecular weight excluding hydrogens is 837 g/mol. The molecule has 23 unspecified atom stereocenters. The van der Waals surface area contributed by atoms with E-state index in [0.717, 1.165) is 31.3 Å². The van der Waals surface area contributed by atoms with E-state index in [1.807, 2.05) is 13.8 Å². The lowest BCUT2D eigenvalue weighted by atomic mass is 9.33. The molecule has 10 N–H and O–H groups in total. The maximum atomic E-state index is 14.7. The van der Waals surface area contributed by atoms with Crippen LogP contribution in [0.5, 0.6) is 0 Å². The van der Waals surface area contributed by atoms with E-state index < -0.39 is 132 Å². The summed E-state index contributed by atoms with van der Waals surface area (Å²) in [6.45, 7) is 16.2. The van der Waals surface area contributed by atoms with Crippen molar-refractivity contribution in [2.45, 2.75) is 211 Å². The first-order valence-corrected chi connectivity index (χ1v) is 23.7. The molecule has 0 amide bonds. The average molecular weight is 913 g/mol. The molecule has 64 heavy (non-hydrogen) atoms. The van der Waals surface area contributed by atoms with Gasteiger partial charge in [-0.15, -0.1) is 0 Å². The van der Waals surface area contributed by atoms with Gasteiger partial charge in [-0.3, -0.25) is 4.79 Å². The third-order valence-corrected chi connectivity index (χ3v) is 19.1. The van der Waals surface area contributed by atoms with Crippen LogP contribution in [-0.2, 0) is 33.2 Å². The minimum atomic E-state index is -1.74. The molecule has 17 nitrogen and oxygen atoms in total. The average Bonchev–Trinajstić information content (AvgIpc) is 3.24. The molecular formula is C47H76O17. The van der Waals surface area contributed by atoms with Gasteiger partial charge < -0.3 is 79.5 Å². The molecule has 17 heteroatoms. The zero-order valence-electron chi connectivity index (χ0n) is 38.7. The number of carbonyl (C=O) groups excluding carboxylic acids is 1. The summed E-state index contributed by atoms with van der Waals surface area (Å²) in [6.07, 6.45) is -12.9. The van der Waals surface area contributed by atoms with Gasteiger partial charge in [-0.05, 0) is 104 Å². The lowest BCUT2D eigenvalue weighted by Crippen LogP contribution is -2.67. The van der Waals surface area contributed by atoms with Crippen molar-refractivity contribution < 1.29 is 84.3 Å².